The minimum atomic E-state index is -1.03. The van der Waals surface area contributed by atoms with E-state index < -0.39 is 12.0 Å². The smallest absolute Gasteiger partial charge is 0.328 e. The number of hydrogen-bond acceptors (Lipinski definition) is 3. The van der Waals surface area contributed by atoms with Crippen molar-refractivity contribution in [1.29, 1.82) is 0 Å². The van der Waals surface area contributed by atoms with Crippen LogP contribution in [0.5, 0.6) is 0 Å². The minimum Gasteiger partial charge on any atom is -0.478 e. The molecule has 1 heterocycles. The van der Waals surface area contributed by atoms with Crippen LogP contribution in [0.4, 0.5) is 4.79 Å². The third-order valence-electron chi connectivity index (χ3n) is 2.65. The van der Waals surface area contributed by atoms with E-state index in [0.29, 0.717) is 5.56 Å². The number of carboxylic acids is 1. The van der Waals surface area contributed by atoms with Gasteiger partial charge in [-0.15, -0.1) is 0 Å². The average Bonchev–Trinajstić information content (AvgIpc) is 2.69. The van der Waals surface area contributed by atoms with Crippen LogP contribution in [0.3, 0.4) is 0 Å². The number of nitrogens with zero attached hydrogens (tertiary/aromatic N) is 1. The van der Waals surface area contributed by atoms with Crippen molar-refractivity contribution in [2.45, 2.75) is 6.54 Å². The number of rotatable bonds is 4. The summed E-state index contributed by atoms with van der Waals surface area (Å²) in [6.45, 7) is 0.205. The minimum absolute atomic E-state index is 0.0252. The fourth-order valence-electron chi connectivity index (χ4n) is 1.76. The summed E-state index contributed by atoms with van der Waals surface area (Å²) in [5.41, 5.74) is 1.46. The van der Waals surface area contributed by atoms with Crippen LogP contribution >= 0.6 is 0 Å². The Balaban J connectivity index is 2.13. The number of amides is 3. The summed E-state index contributed by atoms with van der Waals surface area (Å²) >= 11 is 0. The Kier molecular flexibility index (Phi) is 3.61. The molecule has 1 saturated heterocycles. The summed E-state index contributed by atoms with van der Waals surface area (Å²) in [6, 6.07) is 6.59. The number of imide groups is 1. The molecule has 1 aliphatic rings. The molecule has 6 nitrogen and oxygen atoms in total. The van der Waals surface area contributed by atoms with Gasteiger partial charge in [0.2, 0.25) is 5.91 Å². The molecule has 1 aromatic carbocycles. The highest BCUT2D eigenvalue weighted by molar-refractivity contribution is 6.01. The predicted molar refractivity (Wildman–Crippen MR) is 67.1 cm³/mol. The van der Waals surface area contributed by atoms with Crippen LogP contribution in [-0.2, 0) is 16.1 Å². The zero-order chi connectivity index (χ0) is 13.8. The van der Waals surface area contributed by atoms with Crippen molar-refractivity contribution < 1.29 is 19.5 Å². The highest BCUT2D eigenvalue weighted by Gasteiger charge is 2.28. The molecule has 1 fully saturated rings. The summed E-state index contributed by atoms with van der Waals surface area (Å²) in [5.74, 6) is -1.30. The Morgan fingerprint density at radius 1 is 1.42 bits per heavy atom. The number of carbonyl (C=O) groups is 3. The lowest BCUT2D eigenvalue weighted by molar-refractivity contribution is -0.131. The molecular weight excluding hydrogens is 248 g/mol. The summed E-state index contributed by atoms with van der Waals surface area (Å²) in [6.07, 6.45) is 2.49. The second-order valence-corrected chi connectivity index (χ2v) is 4.06. The van der Waals surface area contributed by atoms with Gasteiger partial charge in [-0.2, -0.15) is 0 Å². The Bertz CT molecular complexity index is 550. The molecule has 0 saturated carbocycles. The van der Waals surface area contributed by atoms with E-state index in [1.807, 2.05) is 0 Å². The maximum absolute atomic E-state index is 11.4. The molecule has 0 atom stereocenters. The highest BCUT2D eigenvalue weighted by Crippen LogP contribution is 2.12. The van der Waals surface area contributed by atoms with E-state index in [0.717, 1.165) is 16.5 Å². The Morgan fingerprint density at radius 3 is 2.84 bits per heavy atom. The Morgan fingerprint density at radius 2 is 2.21 bits per heavy atom. The SMILES string of the molecule is O=C(O)/C=C/c1cccc(CN2C(=O)CNC2=O)c1. The zero-order valence-corrected chi connectivity index (χ0v) is 10.00. The van der Waals surface area contributed by atoms with Crippen LogP contribution in [0.2, 0.25) is 0 Å². The van der Waals surface area contributed by atoms with Gasteiger partial charge in [0.1, 0.15) is 0 Å². The van der Waals surface area contributed by atoms with E-state index in [1.54, 1.807) is 24.3 Å². The molecule has 0 unspecified atom stereocenters. The number of carboxylic acid groups (broad SMARTS) is 1. The van der Waals surface area contributed by atoms with E-state index in [1.165, 1.54) is 6.08 Å². The molecule has 3 amide bonds. The van der Waals surface area contributed by atoms with Crippen molar-refractivity contribution in [3.63, 3.8) is 0 Å². The van der Waals surface area contributed by atoms with Gasteiger partial charge in [0, 0.05) is 6.08 Å². The zero-order valence-electron chi connectivity index (χ0n) is 10.00. The van der Waals surface area contributed by atoms with Crippen molar-refractivity contribution in [2.75, 3.05) is 6.54 Å². The van der Waals surface area contributed by atoms with Crippen LogP contribution < -0.4 is 5.32 Å². The van der Waals surface area contributed by atoms with Crippen LogP contribution in [0, 0.1) is 0 Å². The lowest BCUT2D eigenvalue weighted by Crippen LogP contribution is -2.30. The number of carbonyl (C=O) groups excluding carboxylic acids is 2. The van der Waals surface area contributed by atoms with Gasteiger partial charge in [-0.3, -0.25) is 9.69 Å². The Hall–Kier alpha value is -2.63. The number of hydrogen-bond donors (Lipinski definition) is 2. The van der Waals surface area contributed by atoms with Gasteiger partial charge in [-0.25, -0.2) is 9.59 Å². The van der Waals surface area contributed by atoms with Crippen molar-refractivity contribution in [3.05, 3.63) is 41.5 Å². The van der Waals surface area contributed by atoms with Crippen LogP contribution in [0.1, 0.15) is 11.1 Å². The highest BCUT2D eigenvalue weighted by atomic mass is 16.4. The summed E-state index contributed by atoms with van der Waals surface area (Å²) in [4.78, 5) is 34.4. The van der Waals surface area contributed by atoms with Crippen LogP contribution in [-0.4, -0.2) is 34.5 Å². The van der Waals surface area contributed by atoms with E-state index in [9.17, 15) is 14.4 Å². The lowest BCUT2D eigenvalue weighted by atomic mass is 10.1. The van der Waals surface area contributed by atoms with Gasteiger partial charge < -0.3 is 10.4 Å². The first kappa shape index (κ1) is 12.8. The second kappa shape index (κ2) is 5.34. The number of benzene rings is 1. The lowest BCUT2D eigenvalue weighted by Gasteiger charge is -2.12. The molecule has 0 spiro atoms. The third-order valence-corrected chi connectivity index (χ3v) is 2.65. The maximum atomic E-state index is 11.4. The van der Waals surface area contributed by atoms with Crippen molar-refractivity contribution in [2.24, 2.45) is 0 Å². The van der Waals surface area contributed by atoms with E-state index in [4.69, 9.17) is 5.11 Å². The predicted octanol–water partition coefficient (Wildman–Crippen LogP) is 0.836. The number of nitrogens with one attached hydrogen (secondary N) is 1. The first-order chi connectivity index (χ1) is 9.06. The molecule has 98 valence electrons. The molecule has 0 aromatic heterocycles. The van der Waals surface area contributed by atoms with Gasteiger partial charge >= 0.3 is 12.0 Å². The normalized spacial score (nSPS) is 15.1. The van der Waals surface area contributed by atoms with Gasteiger partial charge in [-0.05, 0) is 23.3 Å². The van der Waals surface area contributed by atoms with Crippen LogP contribution in [0.15, 0.2) is 30.3 Å². The van der Waals surface area contributed by atoms with Crippen molar-refractivity contribution in [1.82, 2.24) is 10.2 Å². The molecular formula is C13H12N2O4. The van der Waals surface area contributed by atoms with Crippen molar-refractivity contribution >= 4 is 24.0 Å². The maximum Gasteiger partial charge on any atom is 0.328 e. The molecule has 2 rings (SSSR count). The summed E-state index contributed by atoms with van der Waals surface area (Å²) < 4.78 is 0. The standard InChI is InChI=1S/C13H12N2O4/c16-11-7-14-13(19)15(11)8-10-3-1-2-9(6-10)4-5-12(17)18/h1-6H,7-8H2,(H,14,19)(H,17,18)/b5-4+. The molecule has 1 aromatic rings. The van der Waals surface area contributed by atoms with Gasteiger partial charge in [-0.1, -0.05) is 18.2 Å². The summed E-state index contributed by atoms with van der Waals surface area (Å²) in [5, 5.41) is 11.0. The first-order valence-electron chi connectivity index (χ1n) is 5.64. The fourth-order valence-corrected chi connectivity index (χ4v) is 1.76. The number of urea groups is 1. The molecule has 6 heteroatoms. The third kappa shape index (κ3) is 3.19. The number of aliphatic carboxylic acids is 1. The van der Waals surface area contributed by atoms with Crippen molar-refractivity contribution in [3.8, 4) is 0 Å². The van der Waals surface area contributed by atoms with E-state index in [-0.39, 0.29) is 19.0 Å². The van der Waals surface area contributed by atoms with E-state index in [2.05, 4.69) is 5.32 Å². The second-order valence-electron chi connectivity index (χ2n) is 4.06. The molecule has 19 heavy (non-hydrogen) atoms. The molecule has 1 aliphatic heterocycles. The quantitative estimate of drug-likeness (QED) is 0.620. The topological polar surface area (TPSA) is 86.7 Å². The summed E-state index contributed by atoms with van der Waals surface area (Å²) in [7, 11) is 0. The van der Waals surface area contributed by atoms with Gasteiger partial charge in [0.25, 0.3) is 0 Å². The molecule has 0 bridgehead atoms. The molecule has 0 aliphatic carbocycles. The Labute approximate surface area is 109 Å². The van der Waals surface area contributed by atoms with Gasteiger partial charge in [0.15, 0.2) is 0 Å². The van der Waals surface area contributed by atoms with E-state index >= 15 is 0 Å². The van der Waals surface area contributed by atoms with Crippen LogP contribution in [0.25, 0.3) is 6.08 Å². The van der Waals surface area contributed by atoms with Gasteiger partial charge in [0.05, 0.1) is 13.1 Å². The average molecular weight is 260 g/mol. The monoisotopic (exact) mass is 260 g/mol. The first-order valence-corrected chi connectivity index (χ1v) is 5.64. The molecule has 2 N–H and O–H groups in total. The fraction of sp³-hybridized carbons (Fsp3) is 0.154. The molecule has 0 radical (unpaired) electrons. The largest absolute Gasteiger partial charge is 0.478 e.